The van der Waals surface area contributed by atoms with Crippen LogP contribution in [0.5, 0.6) is 0 Å². The zero-order valence-electron chi connectivity index (χ0n) is 12.1. The molecule has 0 spiro atoms. The summed E-state index contributed by atoms with van der Waals surface area (Å²) in [5.41, 5.74) is 10.4. The third kappa shape index (κ3) is 3.18. The van der Waals surface area contributed by atoms with E-state index >= 15 is 0 Å². The summed E-state index contributed by atoms with van der Waals surface area (Å²) >= 11 is 0. The maximum absolute atomic E-state index is 12.3. The second kappa shape index (κ2) is 5.78. The topological polar surface area (TPSA) is 55.1 Å². The van der Waals surface area contributed by atoms with Crippen LogP contribution >= 0.6 is 0 Å². The summed E-state index contributed by atoms with van der Waals surface area (Å²) < 4.78 is 0. The molecule has 2 rings (SSSR count). The van der Waals surface area contributed by atoms with Crippen LogP contribution in [0.4, 0.5) is 11.4 Å². The molecular weight excluding hydrogens is 248 g/mol. The SMILES string of the molecule is Cc1ccc(C)c(NC(=O)C(C)c2cccc(N)c2)c1. The number of hydrogen-bond donors (Lipinski definition) is 2. The molecule has 0 aromatic heterocycles. The molecule has 3 N–H and O–H groups in total. The zero-order chi connectivity index (χ0) is 14.7. The van der Waals surface area contributed by atoms with Crippen molar-refractivity contribution >= 4 is 17.3 Å². The van der Waals surface area contributed by atoms with E-state index in [0.29, 0.717) is 5.69 Å². The predicted octanol–water partition coefficient (Wildman–Crippen LogP) is 3.63. The van der Waals surface area contributed by atoms with E-state index in [4.69, 9.17) is 5.73 Å². The number of hydrogen-bond acceptors (Lipinski definition) is 2. The van der Waals surface area contributed by atoms with Crippen molar-refractivity contribution in [2.45, 2.75) is 26.7 Å². The molecule has 0 saturated heterocycles. The summed E-state index contributed by atoms with van der Waals surface area (Å²) in [7, 11) is 0. The van der Waals surface area contributed by atoms with E-state index in [0.717, 1.165) is 22.4 Å². The first-order valence-corrected chi connectivity index (χ1v) is 6.71. The maximum atomic E-state index is 12.3. The van der Waals surface area contributed by atoms with E-state index in [9.17, 15) is 4.79 Å². The van der Waals surface area contributed by atoms with Crippen LogP contribution in [0.2, 0.25) is 0 Å². The van der Waals surface area contributed by atoms with Gasteiger partial charge in [-0.3, -0.25) is 4.79 Å². The summed E-state index contributed by atoms with van der Waals surface area (Å²) in [5, 5.41) is 2.99. The van der Waals surface area contributed by atoms with E-state index in [1.165, 1.54) is 0 Å². The van der Waals surface area contributed by atoms with E-state index in [-0.39, 0.29) is 11.8 Å². The molecule has 2 aromatic carbocycles. The normalized spacial score (nSPS) is 11.9. The maximum Gasteiger partial charge on any atom is 0.231 e. The van der Waals surface area contributed by atoms with E-state index in [1.54, 1.807) is 0 Å². The van der Waals surface area contributed by atoms with E-state index in [2.05, 4.69) is 5.32 Å². The van der Waals surface area contributed by atoms with Gasteiger partial charge in [-0.05, 0) is 55.7 Å². The van der Waals surface area contributed by atoms with Crippen LogP contribution in [0.25, 0.3) is 0 Å². The minimum absolute atomic E-state index is 0.0238. The summed E-state index contributed by atoms with van der Waals surface area (Å²) in [6, 6.07) is 13.5. The Morgan fingerprint density at radius 3 is 2.60 bits per heavy atom. The van der Waals surface area contributed by atoms with Crippen LogP contribution < -0.4 is 11.1 Å². The van der Waals surface area contributed by atoms with Crippen molar-refractivity contribution in [3.63, 3.8) is 0 Å². The Morgan fingerprint density at radius 2 is 1.90 bits per heavy atom. The molecule has 2 aromatic rings. The Labute approximate surface area is 119 Å². The molecule has 1 atom stereocenters. The highest BCUT2D eigenvalue weighted by molar-refractivity contribution is 5.96. The van der Waals surface area contributed by atoms with Crippen molar-refractivity contribution in [2.24, 2.45) is 0 Å². The number of amides is 1. The Balaban J connectivity index is 2.17. The van der Waals surface area contributed by atoms with Crippen LogP contribution in [0, 0.1) is 13.8 Å². The molecule has 0 saturated carbocycles. The fourth-order valence-corrected chi connectivity index (χ4v) is 2.09. The molecule has 104 valence electrons. The van der Waals surface area contributed by atoms with Gasteiger partial charge in [0, 0.05) is 11.4 Å². The van der Waals surface area contributed by atoms with Crippen molar-refractivity contribution in [3.05, 3.63) is 59.2 Å². The first kappa shape index (κ1) is 14.1. The highest BCUT2D eigenvalue weighted by atomic mass is 16.1. The largest absolute Gasteiger partial charge is 0.399 e. The predicted molar refractivity (Wildman–Crippen MR) is 83.8 cm³/mol. The van der Waals surface area contributed by atoms with Gasteiger partial charge in [-0.1, -0.05) is 24.3 Å². The van der Waals surface area contributed by atoms with Crippen LogP contribution in [0.15, 0.2) is 42.5 Å². The fraction of sp³-hybridized carbons (Fsp3) is 0.235. The number of nitrogens with two attached hydrogens (primary N) is 1. The highest BCUT2D eigenvalue weighted by Crippen LogP contribution is 2.22. The standard InChI is InChI=1S/C17H20N2O/c1-11-7-8-12(2)16(9-11)19-17(20)13(3)14-5-4-6-15(18)10-14/h4-10,13H,18H2,1-3H3,(H,19,20). The van der Waals surface area contributed by atoms with Gasteiger partial charge in [0.2, 0.25) is 5.91 Å². The van der Waals surface area contributed by atoms with Crippen molar-refractivity contribution in [2.75, 3.05) is 11.1 Å². The molecular formula is C17H20N2O. The lowest BCUT2D eigenvalue weighted by molar-refractivity contribution is -0.117. The molecule has 0 fully saturated rings. The first-order valence-electron chi connectivity index (χ1n) is 6.71. The molecule has 0 heterocycles. The Morgan fingerprint density at radius 1 is 1.15 bits per heavy atom. The fourth-order valence-electron chi connectivity index (χ4n) is 2.09. The van der Waals surface area contributed by atoms with Crippen molar-refractivity contribution in [3.8, 4) is 0 Å². The summed E-state index contributed by atoms with van der Waals surface area (Å²) in [4.78, 5) is 12.3. The quantitative estimate of drug-likeness (QED) is 0.835. The number of carbonyl (C=O) groups is 1. The van der Waals surface area contributed by atoms with Crippen LogP contribution in [0.1, 0.15) is 29.5 Å². The number of benzene rings is 2. The van der Waals surface area contributed by atoms with Crippen LogP contribution in [-0.4, -0.2) is 5.91 Å². The number of rotatable bonds is 3. The lowest BCUT2D eigenvalue weighted by atomic mass is 9.99. The van der Waals surface area contributed by atoms with Gasteiger partial charge < -0.3 is 11.1 Å². The van der Waals surface area contributed by atoms with Gasteiger partial charge in [0.25, 0.3) is 0 Å². The molecule has 20 heavy (non-hydrogen) atoms. The zero-order valence-corrected chi connectivity index (χ0v) is 12.1. The molecule has 0 radical (unpaired) electrons. The van der Waals surface area contributed by atoms with Crippen LogP contribution in [-0.2, 0) is 4.79 Å². The first-order chi connectivity index (χ1) is 9.47. The van der Waals surface area contributed by atoms with Crippen molar-refractivity contribution < 1.29 is 4.79 Å². The van der Waals surface area contributed by atoms with E-state index in [1.807, 2.05) is 63.2 Å². The molecule has 0 bridgehead atoms. The van der Waals surface area contributed by atoms with Crippen LogP contribution in [0.3, 0.4) is 0 Å². The summed E-state index contributed by atoms with van der Waals surface area (Å²) in [6.45, 7) is 5.88. The number of carbonyl (C=O) groups excluding carboxylic acids is 1. The van der Waals surface area contributed by atoms with Gasteiger partial charge in [0.15, 0.2) is 0 Å². The van der Waals surface area contributed by atoms with Crippen molar-refractivity contribution in [1.82, 2.24) is 0 Å². The summed E-state index contributed by atoms with van der Waals surface area (Å²) in [6.07, 6.45) is 0. The number of aryl methyl sites for hydroxylation is 2. The molecule has 0 aliphatic heterocycles. The third-order valence-corrected chi connectivity index (χ3v) is 3.45. The average Bonchev–Trinajstić information content (AvgIpc) is 2.42. The smallest absolute Gasteiger partial charge is 0.231 e. The molecule has 1 amide bonds. The Bertz CT molecular complexity index is 635. The van der Waals surface area contributed by atoms with Gasteiger partial charge >= 0.3 is 0 Å². The van der Waals surface area contributed by atoms with Gasteiger partial charge in [-0.15, -0.1) is 0 Å². The minimum atomic E-state index is -0.238. The molecule has 3 nitrogen and oxygen atoms in total. The number of nitrogens with one attached hydrogen (secondary N) is 1. The van der Waals surface area contributed by atoms with Gasteiger partial charge in [-0.2, -0.15) is 0 Å². The third-order valence-electron chi connectivity index (χ3n) is 3.45. The van der Waals surface area contributed by atoms with E-state index < -0.39 is 0 Å². The number of anilines is 2. The molecule has 0 aliphatic rings. The van der Waals surface area contributed by atoms with Gasteiger partial charge in [0.1, 0.15) is 0 Å². The lowest BCUT2D eigenvalue weighted by Crippen LogP contribution is -2.19. The monoisotopic (exact) mass is 268 g/mol. The molecule has 0 aliphatic carbocycles. The second-order valence-corrected chi connectivity index (χ2v) is 5.20. The van der Waals surface area contributed by atoms with Gasteiger partial charge in [0.05, 0.1) is 5.92 Å². The second-order valence-electron chi connectivity index (χ2n) is 5.20. The van der Waals surface area contributed by atoms with Crippen molar-refractivity contribution in [1.29, 1.82) is 0 Å². The highest BCUT2D eigenvalue weighted by Gasteiger charge is 2.16. The number of nitrogen functional groups attached to an aromatic ring is 1. The molecule has 3 heteroatoms. The molecule has 1 unspecified atom stereocenters. The lowest BCUT2D eigenvalue weighted by Gasteiger charge is -2.15. The average molecular weight is 268 g/mol. The minimum Gasteiger partial charge on any atom is -0.399 e. The Hall–Kier alpha value is -2.29. The summed E-state index contributed by atoms with van der Waals surface area (Å²) in [5.74, 6) is -0.261. The van der Waals surface area contributed by atoms with Gasteiger partial charge in [-0.25, -0.2) is 0 Å². The Kier molecular flexibility index (Phi) is 4.08.